The summed E-state index contributed by atoms with van der Waals surface area (Å²) in [6.45, 7) is 0. The number of benzene rings is 3. The number of nitrogens with zero attached hydrogens (tertiary/aromatic N) is 2. The van der Waals surface area contributed by atoms with Crippen LogP contribution >= 0.6 is 0 Å². The molecule has 0 heterocycles. The smallest absolute Gasteiger partial charge is 0.397 e. The van der Waals surface area contributed by atoms with Crippen LogP contribution in [0.1, 0.15) is 0 Å². The van der Waals surface area contributed by atoms with Gasteiger partial charge in [0.25, 0.3) is 0 Å². The van der Waals surface area contributed by atoms with E-state index in [0.717, 1.165) is 6.07 Å². The van der Waals surface area contributed by atoms with Crippen LogP contribution in [0, 0.1) is 0 Å². The Kier molecular flexibility index (Phi) is 4.64. The molecule has 3 N–H and O–H groups in total. The molecule has 0 aromatic heterocycles. The van der Waals surface area contributed by atoms with Crippen molar-refractivity contribution in [1.82, 2.24) is 0 Å². The van der Waals surface area contributed by atoms with Crippen molar-refractivity contribution in [3.63, 3.8) is 0 Å². The highest BCUT2D eigenvalue weighted by Crippen LogP contribution is 2.45. The Morgan fingerprint density at radius 2 is 1.64 bits per heavy atom. The highest BCUT2D eigenvalue weighted by molar-refractivity contribution is 8.11. The largest absolute Gasteiger partial charge is 0.503 e. The summed E-state index contributed by atoms with van der Waals surface area (Å²) in [5.41, 5.74) is 0.770. The zero-order valence-corrected chi connectivity index (χ0v) is 15.4. The van der Waals surface area contributed by atoms with Crippen molar-refractivity contribution in [1.29, 1.82) is 0 Å². The number of para-hydroxylation sites is 1. The average Bonchev–Trinajstić information content (AvgIpc) is 2.60. The molecule has 0 unspecified atom stereocenters. The molecule has 0 saturated carbocycles. The van der Waals surface area contributed by atoms with Gasteiger partial charge in [-0.3, -0.25) is 4.55 Å². The number of halogens is 3. The molecule has 6 nitrogen and oxygen atoms in total. The molecule has 0 aliphatic rings. The van der Waals surface area contributed by atoms with Crippen LogP contribution in [0.5, 0.6) is 5.75 Å². The third kappa shape index (κ3) is 3.69. The van der Waals surface area contributed by atoms with Gasteiger partial charge in [0.05, 0.1) is 11.9 Å². The Balaban J connectivity index is 2.18. The van der Waals surface area contributed by atoms with Crippen LogP contribution in [0.3, 0.4) is 0 Å². The van der Waals surface area contributed by atoms with Gasteiger partial charge in [0, 0.05) is 5.39 Å². The molecule has 10 heteroatoms. The standard InChI is InChI=1S/C18H16F3N3O3S/c1-28(25,26,18(19,20)21)27-16-11-10-12-6-2-3-7-13(12)17(16)24-23-15-9-5-4-8-14(15)22/h2-11H,22H2,1H3,(H,25,26). The second-order valence-electron chi connectivity index (χ2n) is 6.12. The van der Waals surface area contributed by atoms with Crippen molar-refractivity contribution in [2.24, 2.45) is 10.2 Å². The van der Waals surface area contributed by atoms with Crippen LogP contribution in [0.15, 0.2) is 70.9 Å². The minimum absolute atomic E-state index is 0.0997. The van der Waals surface area contributed by atoms with E-state index >= 15 is 0 Å². The van der Waals surface area contributed by atoms with Crippen LogP contribution in [-0.2, 0) is 9.63 Å². The first-order valence-electron chi connectivity index (χ1n) is 7.90. The molecular formula is C18H16F3N3O3S. The SMILES string of the molecule is CS(=O)(O)(Oc1ccc2ccccc2c1N=Nc1ccccc1N)C(F)(F)F. The van der Waals surface area contributed by atoms with Crippen molar-refractivity contribution >= 4 is 37.5 Å². The third-order valence-electron chi connectivity index (χ3n) is 3.87. The molecule has 0 spiro atoms. The highest BCUT2D eigenvalue weighted by atomic mass is 32.3. The van der Waals surface area contributed by atoms with Crippen molar-refractivity contribution < 1.29 is 26.1 Å². The summed E-state index contributed by atoms with van der Waals surface area (Å²) in [5.74, 6) is -0.531. The van der Waals surface area contributed by atoms with E-state index in [-0.39, 0.29) is 17.6 Å². The molecule has 148 valence electrons. The maximum atomic E-state index is 13.1. The second-order valence-corrected chi connectivity index (χ2v) is 9.14. The summed E-state index contributed by atoms with van der Waals surface area (Å²) >= 11 is 0. The maximum absolute atomic E-state index is 13.1. The summed E-state index contributed by atoms with van der Waals surface area (Å²) in [6.07, 6.45) is 0.0997. The van der Waals surface area contributed by atoms with Crippen LogP contribution in [0.4, 0.5) is 30.2 Å². The molecule has 0 saturated heterocycles. The monoisotopic (exact) mass is 411 g/mol. The Morgan fingerprint density at radius 3 is 2.32 bits per heavy atom. The molecular weight excluding hydrogens is 395 g/mol. The average molecular weight is 411 g/mol. The lowest BCUT2D eigenvalue weighted by Crippen LogP contribution is -2.50. The second kappa shape index (κ2) is 6.57. The van der Waals surface area contributed by atoms with Crippen molar-refractivity contribution in [2.75, 3.05) is 12.0 Å². The number of fused-ring (bicyclic) bond motifs is 1. The fraction of sp³-hybridized carbons (Fsp3) is 0.111. The molecule has 0 amide bonds. The number of alkyl halides is 3. The summed E-state index contributed by atoms with van der Waals surface area (Å²) in [4.78, 5) is 0. The predicted molar refractivity (Wildman–Crippen MR) is 102 cm³/mol. The van der Waals surface area contributed by atoms with E-state index in [2.05, 4.69) is 14.4 Å². The molecule has 28 heavy (non-hydrogen) atoms. The Bertz CT molecular complexity index is 1140. The lowest BCUT2D eigenvalue weighted by atomic mass is 10.1. The van der Waals surface area contributed by atoms with Crippen LogP contribution in [-0.4, -0.2) is 20.5 Å². The van der Waals surface area contributed by atoms with E-state index < -0.39 is 20.9 Å². The fourth-order valence-electron chi connectivity index (χ4n) is 2.35. The Labute approximate surface area is 158 Å². The lowest BCUT2D eigenvalue weighted by Gasteiger charge is -2.34. The molecule has 3 aromatic rings. The van der Waals surface area contributed by atoms with E-state index in [1.165, 1.54) is 6.07 Å². The Hall–Kier alpha value is -2.98. The molecule has 0 aliphatic carbocycles. The van der Waals surface area contributed by atoms with Gasteiger partial charge in [-0.2, -0.15) is 13.2 Å². The summed E-state index contributed by atoms with van der Waals surface area (Å²) in [5, 5.41) is 8.98. The number of nitrogen functional groups attached to an aromatic ring is 1. The van der Waals surface area contributed by atoms with E-state index in [1.54, 1.807) is 48.5 Å². The molecule has 3 aromatic carbocycles. The molecule has 3 rings (SSSR count). The third-order valence-corrected chi connectivity index (χ3v) is 5.49. The summed E-state index contributed by atoms with van der Waals surface area (Å²) in [6, 6.07) is 15.8. The zero-order chi connectivity index (χ0) is 20.6. The van der Waals surface area contributed by atoms with Gasteiger partial charge in [0.1, 0.15) is 11.4 Å². The molecule has 0 radical (unpaired) electrons. The summed E-state index contributed by atoms with van der Waals surface area (Å²) < 4.78 is 65.9. The minimum Gasteiger partial charge on any atom is -0.397 e. The van der Waals surface area contributed by atoms with E-state index in [0.29, 0.717) is 16.5 Å². The molecule has 0 fully saturated rings. The van der Waals surface area contributed by atoms with Crippen LogP contribution in [0.2, 0.25) is 0 Å². The van der Waals surface area contributed by atoms with Gasteiger partial charge in [-0.1, -0.05) is 42.5 Å². The summed E-state index contributed by atoms with van der Waals surface area (Å²) in [7, 11) is -6.46. The van der Waals surface area contributed by atoms with E-state index in [9.17, 15) is 21.9 Å². The topological polar surface area (TPSA) is 97.3 Å². The number of anilines is 1. The number of rotatable bonds is 4. The predicted octanol–water partition coefficient (Wildman–Crippen LogP) is 5.57. The first-order chi connectivity index (χ1) is 13.0. The van der Waals surface area contributed by atoms with Crippen LogP contribution in [0.25, 0.3) is 10.8 Å². The van der Waals surface area contributed by atoms with Crippen LogP contribution < -0.4 is 9.92 Å². The fourth-order valence-corrected chi connectivity index (χ4v) is 3.00. The van der Waals surface area contributed by atoms with Gasteiger partial charge in [-0.15, -0.1) is 10.2 Å². The van der Waals surface area contributed by atoms with Gasteiger partial charge in [0.15, 0.2) is 5.75 Å². The zero-order valence-electron chi connectivity index (χ0n) is 14.6. The normalized spacial score (nSPS) is 14.1. The van der Waals surface area contributed by atoms with E-state index in [1.807, 2.05) is 0 Å². The van der Waals surface area contributed by atoms with Gasteiger partial charge >= 0.3 is 5.51 Å². The number of hydrogen-bond acceptors (Lipinski definition) is 5. The molecule has 0 bridgehead atoms. The quantitative estimate of drug-likeness (QED) is 0.433. The minimum atomic E-state index is -6.46. The van der Waals surface area contributed by atoms with E-state index in [4.69, 9.17) is 5.73 Å². The highest BCUT2D eigenvalue weighted by Gasteiger charge is 2.58. The maximum Gasteiger partial charge on any atom is 0.503 e. The number of azo groups is 1. The molecule has 0 atom stereocenters. The van der Waals surface area contributed by atoms with Crippen molar-refractivity contribution in [3.05, 3.63) is 60.7 Å². The molecule has 0 aliphatic heterocycles. The van der Waals surface area contributed by atoms with Gasteiger partial charge < -0.3 is 9.92 Å². The van der Waals surface area contributed by atoms with Gasteiger partial charge in [-0.05, 0) is 23.6 Å². The lowest BCUT2D eigenvalue weighted by molar-refractivity contribution is -0.0619. The first-order valence-corrected chi connectivity index (χ1v) is 10.2. The number of hydrogen-bond donors (Lipinski definition) is 2. The Morgan fingerprint density at radius 1 is 1.00 bits per heavy atom. The van der Waals surface area contributed by atoms with Crippen molar-refractivity contribution in [2.45, 2.75) is 5.51 Å². The van der Waals surface area contributed by atoms with Gasteiger partial charge in [-0.25, -0.2) is 4.21 Å². The van der Waals surface area contributed by atoms with Crippen molar-refractivity contribution in [3.8, 4) is 5.75 Å². The number of nitrogens with two attached hydrogens (primary N) is 1. The van der Waals surface area contributed by atoms with Gasteiger partial charge in [0.2, 0.25) is 9.63 Å². The first kappa shape index (κ1) is 19.8.